The molecule has 2 aromatic rings. The summed E-state index contributed by atoms with van der Waals surface area (Å²) in [5.74, 6) is 0.806. The van der Waals surface area contributed by atoms with Crippen molar-refractivity contribution >= 4 is 0 Å². The molecule has 1 N–H and O–H groups in total. The molecule has 3 rings (SSSR count). The molecule has 134 valence electrons. The quantitative estimate of drug-likeness (QED) is 0.792. The van der Waals surface area contributed by atoms with E-state index in [2.05, 4.69) is 20.9 Å². The third-order valence-corrected chi connectivity index (χ3v) is 4.53. The van der Waals surface area contributed by atoms with E-state index in [0.717, 1.165) is 50.6 Å². The molecule has 0 spiro atoms. The normalized spacial score (nSPS) is 17.3. The van der Waals surface area contributed by atoms with Crippen LogP contribution in [0.15, 0.2) is 54.7 Å². The first-order valence-corrected chi connectivity index (χ1v) is 9.00. The molecule has 1 atom stereocenters. The van der Waals surface area contributed by atoms with Crippen molar-refractivity contribution in [2.24, 2.45) is 0 Å². The number of benzene rings is 1. The Morgan fingerprint density at radius 1 is 0.960 bits per heavy atom. The molecule has 0 radical (unpaired) electrons. The van der Waals surface area contributed by atoms with Crippen molar-refractivity contribution in [3.05, 3.63) is 60.4 Å². The Morgan fingerprint density at radius 3 is 2.40 bits per heavy atom. The molecule has 0 amide bonds. The summed E-state index contributed by atoms with van der Waals surface area (Å²) in [6.07, 6.45) is 2.39. The number of aliphatic hydroxyl groups is 1. The Hall–Kier alpha value is -1.95. The highest BCUT2D eigenvalue weighted by Gasteiger charge is 2.19. The minimum atomic E-state index is -0.458. The van der Waals surface area contributed by atoms with Crippen LogP contribution in [0.1, 0.15) is 5.69 Å². The Bertz CT molecular complexity index is 601. The van der Waals surface area contributed by atoms with Crippen LogP contribution in [0.3, 0.4) is 0 Å². The standard InChI is InChI=1S/C20H27N3O2/c24-19(17-25-20-7-2-1-3-8-20)16-23-14-12-22(13-15-23)11-9-18-6-4-5-10-21-18/h1-8,10,19,24H,9,11-17H2/t19-/m0/s1. The molecule has 1 aliphatic rings. The van der Waals surface area contributed by atoms with Gasteiger partial charge in [-0.15, -0.1) is 0 Å². The second-order valence-corrected chi connectivity index (χ2v) is 6.49. The van der Waals surface area contributed by atoms with Crippen molar-refractivity contribution in [2.45, 2.75) is 12.5 Å². The number of hydrogen-bond acceptors (Lipinski definition) is 5. The lowest BCUT2D eigenvalue weighted by molar-refractivity contribution is 0.0463. The van der Waals surface area contributed by atoms with Crippen LogP contribution in [-0.4, -0.2) is 71.9 Å². The highest BCUT2D eigenvalue weighted by atomic mass is 16.5. The zero-order valence-electron chi connectivity index (χ0n) is 14.6. The number of ether oxygens (including phenoxy) is 1. The first-order valence-electron chi connectivity index (χ1n) is 9.00. The first-order chi connectivity index (χ1) is 12.3. The largest absolute Gasteiger partial charge is 0.491 e. The first kappa shape index (κ1) is 17.9. The van der Waals surface area contributed by atoms with Crippen LogP contribution in [0.5, 0.6) is 5.75 Å². The summed E-state index contributed by atoms with van der Waals surface area (Å²) < 4.78 is 5.62. The lowest BCUT2D eigenvalue weighted by Crippen LogP contribution is -2.49. The highest BCUT2D eigenvalue weighted by molar-refractivity contribution is 5.20. The molecule has 0 aliphatic carbocycles. The number of rotatable bonds is 8. The summed E-state index contributed by atoms with van der Waals surface area (Å²) in [6.45, 7) is 6.11. The fourth-order valence-corrected chi connectivity index (χ4v) is 3.07. The van der Waals surface area contributed by atoms with Gasteiger partial charge in [0.15, 0.2) is 0 Å². The van der Waals surface area contributed by atoms with Crippen LogP contribution in [0.4, 0.5) is 0 Å². The molecule has 5 heteroatoms. The molecule has 0 unspecified atom stereocenters. The van der Waals surface area contributed by atoms with Crippen LogP contribution < -0.4 is 4.74 Å². The summed E-state index contributed by atoms with van der Waals surface area (Å²) >= 11 is 0. The zero-order valence-corrected chi connectivity index (χ0v) is 14.6. The van der Waals surface area contributed by atoms with Crippen molar-refractivity contribution in [1.29, 1.82) is 0 Å². The molecule has 1 aromatic carbocycles. The number of aliphatic hydroxyl groups excluding tert-OH is 1. The number of aromatic nitrogens is 1. The molecule has 25 heavy (non-hydrogen) atoms. The van der Waals surface area contributed by atoms with Crippen molar-refractivity contribution < 1.29 is 9.84 Å². The monoisotopic (exact) mass is 341 g/mol. The smallest absolute Gasteiger partial charge is 0.119 e. The molecule has 5 nitrogen and oxygen atoms in total. The van der Waals surface area contributed by atoms with Gasteiger partial charge in [-0.1, -0.05) is 24.3 Å². The van der Waals surface area contributed by atoms with E-state index in [9.17, 15) is 5.11 Å². The molecule has 1 saturated heterocycles. The number of β-amino-alcohol motifs (C(OH)–C–C–N with tert-alkyl or cyclic N) is 1. The fraction of sp³-hybridized carbons (Fsp3) is 0.450. The van der Waals surface area contributed by atoms with Crippen molar-refractivity contribution in [1.82, 2.24) is 14.8 Å². The summed E-state index contributed by atoms with van der Waals surface area (Å²) in [5.41, 5.74) is 1.15. The maximum atomic E-state index is 10.2. The fourth-order valence-electron chi connectivity index (χ4n) is 3.07. The average molecular weight is 341 g/mol. The predicted molar refractivity (Wildman–Crippen MR) is 98.8 cm³/mol. The Balaban J connectivity index is 1.32. The lowest BCUT2D eigenvalue weighted by Gasteiger charge is -2.35. The van der Waals surface area contributed by atoms with Gasteiger partial charge >= 0.3 is 0 Å². The van der Waals surface area contributed by atoms with E-state index in [1.807, 2.05) is 48.7 Å². The van der Waals surface area contributed by atoms with E-state index in [0.29, 0.717) is 13.2 Å². The summed E-state index contributed by atoms with van der Waals surface area (Å²) in [4.78, 5) is 9.16. The summed E-state index contributed by atoms with van der Waals surface area (Å²) in [6, 6.07) is 15.7. The van der Waals surface area contributed by atoms with E-state index in [1.165, 1.54) is 0 Å². The van der Waals surface area contributed by atoms with E-state index >= 15 is 0 Å². The number of piperazine rings is 1. The molecule has 0 bridgehead atoms. The maximum absolute atomic E-state index is 10.2. The van der Waals surface area contributed by atoms with Crippen molar-refractivity contribution in [3.8, 4) is 5.75 Å². The molecule has 1 aliphatic heterocycles. The van der Waals surface area contributed by atoms with Gasteiger partial charge in [-0.25, -0.2) is 0 Å². The average Bonchev–Trinajstić information content (AvgIpc) is 2.67. The topological polar surface area (TPSA) is 48.8 Å². The van der Waals surface area contributed by atoms with Gasteiger partial charge in [0.2, 0.25) is 0 Å². The Morgan fingerprint density at radius 2 is 1.68 bits per heavy atom. The van der Waals surface area contributed by atoms with Crippen LogP contribution in [-0.2, 0) is 6.42 Å². The van der Waals surface area contributed by atoms with Gasteiger partial charge in [0, 0.05) is 57.6 Å². The third-order valence-electron chi connectivity index (χ3n) is 4.53. The Labute approximate surface area is 149 Å². The molecule has 0 saturated carbocycles. The van der Waals surface area contributed by atoms with Gasteiger partial charge in [-0.3, -0.25) is 9.88 Å². The van der Waals surface area contributed by atoms with E-state index in [4.69, 9.17) is 4.74 Å². The minimum absolute atomic E-state index is 0.337. The van der Waals surface area contributed by atoms with Gasteiger partial charge in [-0.2, -0.15) is 0 Å². The molecule has 1 fully saturated rings. The molecular formula is C20H27N3O2. The van der Waals surface area contributed by atoms with Gasteiger partial charge in [0.25, 0.3) is 0 Å². The second-order valence-electron chi connectivity index (χ2n) is 6.49. The van der Waals surface area contributed by atoms with Gasteiger partial charge in [0.05, 0.1) is 0 Å². The van der Waals surface area contributed by atoms with Crippen LogP contribution in [0.2, 0.25) is 0 Å². The van der Waals surface area contributed by atoms with Crippen molar-refractivity contribution in [3.63, 3.8) is 0 Å². The Kier molecular flexibility index (Phi) is 6.79. The minimum Gasteiger partial charge on any atom is -0.491 e. The number of nitrogens with zero attached hydrogens (tertiary/aromatic N) is 3. The summed E-state index contributed by atoms with van der Waals surface area (Å²) in [7, 11) is 0. The van der Waals surface area contributed by atoms with E-state index in [1.54, 1.807) is 0 Å². The van der Waals surface area contributed by atoms with E-state index in [-0.39, 0.29) is 0 Å². The second kappa shape index (κ2) is 9.51. The van der Waals surface area contributed by atoms with Gasteiger partial charge in [-0.05, 0) is 24.3 Å². The van der Waals surface area contributed by atoms with Crippen LogP contribution >= 0.6 is 0 Å². The highest BCUT2D eigenvalue weighted by Crippen LogP contribution is 2.09. The molecule has 1 aromatic heterocycles. The van der Waals surface area contributed by atoms with Gasteiger partial charge in [0.1, 0.15) is 18.5 Å². The zero-order chi connectivity index (χ0) is 17.3. The third kappa shape index (κ3) is 6.12. The van der Waals surface area contributed by atoms with Crippen LogP contribution in [0, 0.1) is 0 Å². The number of pyridine rings is 1. The van der Waals surface area contributed by atoms with E-state index < -0.39 is 6.10 Å². The predicted octanol–water partition coefficient (Wildman–Crippen LogP) is 1.68. The number of para-hydroxylation sites is 1. The van der Waals surface area contributed by atoms with Crippen molar-refractivity contribution in [2.75, 3.05) is 45.9 Å². The number of hydrogen-bond donors (Lipinski definition) is 1. The maximum Gasteiger partial charge on any atom is 0.119 e. The molecular weight excluding hydrogens is 314 g/mol. The van der Waals surface area contributed by atoms with Gasteiger partial charge < -0.3 is 14.7 Å². The van der Waals surface area contributed by atoms with Crippen LogP contribution in [0.25, 0.3) is 0 Å². The SMILES string of the molecule is O[C@H](COc1ccccc1)CN1CCN(CCc2ccccn2)CC1. The molecule has 2 heterocycles. The lowest BCUT2D eigenvalue weighted by atomic mass is 10.2. The summed E-state index contributed by atoms with van der Waals surface area (Å²) in [5, 5.41) is 10.2.